The summed E-state index contributed by atoms with van der Waals surface area (Å²) in [6.45, 7) is 1.38. The van der Waals surface area contributed by atoms with Crippen molar-refractivity contribution in [2.45, 2.75) is 13.1 Å². The molecule has 2 rings (SSSR count). The van der Waals surface area contributed by atoms with Gasteiger partial charge in [-0.1, -0.05) is 6.07 Å². The molecule has 0 bridgehead atoms. The highest BCUT2D eigenvalue weighted by atomic mass is 32.1. The van der Waals surface area contributed by atoms with Gasteiger partial charge in [-0.2, -0.15) is 0 Å². The predicted molar refractivity (Wildman–Crippen MR) is 68.5 cm³/mol. The largest absolute Gasteiger partial charge is 0.476 e. The lowest BCUT2D eigenvalue weighted by Crippen LogP contribution is -2.17. The molecule has 0 aliphatic carbocycles. The van der Waals surface area contributed by atoms with Crippen LogP contribution in [0.15, 0.2) is 29.9 Å². The Kier molecular flexibility index (Phi) is 4.01. The second kappa shape index (κ2) is 5.70. The van der Waals surface area contributed by atoms with Crippen LogP contribution in [0.4, 0.5) is 0 Å². The lowest BCUT2D eigenvalue weighted by molar-refractivity contribution is 0.0696. The number of pyridine rings is 1. The van der Waals surface area contributed by atoms with Crippen LogP contribution >= 0.6 is 11.3 Å². The number of aromatic carboxylic acids is 1. The van der Waals surface area contributed by atoms with Crippen molar-refractivity contribution < 1.29 is 9.90 Å². The Bertz CT molecular complexity index is 527. The number of carboxylic acids is 1. The number of hydrogen-bond acceptors (Lipinski definition) is 5. The molecule has 5 nitrogen and oxygen atoms in total. The zero-order chi connectivity index (χ0) is 13.0. The first-order valence-corrected chi connectivity index (χ1v) is 6.28. The third-order valence-electron chi connectivity index (χ3n) is 2.34. The molecular weight excluding hydrogens is 250 g/mol. The molecule has 0 saturated heterocycles. The third kappa shape index (κ3) is 3.35. The first-order valence-electron chi connectivity index (χ1n) is 5.40. The molecule has 0 fully saturated rings. The Balaban J connectivity index is 1.94. The lowest BCUT2D eigenvalue weighted by Gasteiger charge is -2.14. The average molecular weight is 263 g/mol. The summed E-state index contributed by atoms with van der Waals surface area (Å²) >= 11 is 1.16. The Morgan fingerprint density at radius 1 is 1.50 bits per heavy atom. The molecule has 0 radical (unpaired) electrons. The molecule has 2 aromatic heterocycles. The highest BCUT2D eigenvalue weighted by Gasteiger charge is 2.10. The van der Waals surface area contributed by atoms with E-state index in [0.717, 1.165) is 29.1 Å². The number of aromatic nitrogens is 2. The van der Waals surface area contributed by atoms with Gasteiger partial charge in [0.2, 0.25) is 5.01 Å². The van der Waals surface area contributed by atoms with Crippen molar-refractivity contribution in [3.05, 3.63) is 46.2 Å². The number of carboxylic acid groups (broad SMARTS) is 1. The molecule has 2 aromatic rings. The fourth-order valence-electron chi connectivity index (χ4n) is 1.61. The van der Waals surface area contributed by atoms with Gasteiger partial charge in [0.05, 0.1) is 5.69 Å². The molecule has 6 heteroatoms. The van der Waals surface area contributed by atoms with Crippen molar-refractivity contribution in [2.24, 2.45) is 0 Å². The van der Waals surface area contributed by atoms with Gasteiger partial charge in [0.15, 0.2) is 0 Å². The summed E-state index contributed by atoms with van der Waals surface area (Å²) in [4.78, 5) is 20.9. The van der Waals surface area contributed by atoms with E-state index < -0.39 is 5.97 Å². The van der Waals surface area contributed by atoms with Gasteiger partial charge < -0.3 is 5.11 Å². The van der Waals surface area contributed by atoms with Crippen molar-refractivity contribution in [2.75, 3.05) is 7.05 Å². The number of hydrogen-bond donors (Lipinski definition) is 1. The third-order valence-corrected chi connectivity index (χ3v) is 3.22. The van der Waals surface area contributed by atoms with Crippen LogP contribution in [0.25, 0.3) is 0 Å². The van der Waals surface area contributed by atoms with E-state index in [-0.39, 0.29) is 5.01 Å². The molecule has 0 amide bonds. The second-order valence-corrected chi connectivity index (χ2v) is 4.84. The van der Waals surface area contributed by atoms with Gasteiger partial charge in [-0.05, 0) is 18.7 Å². The topological polar surface area (TPSA) is 66.3 Å². The number of carbonyl (C=O) groups is 1. The standard InChI is InChI=1S/C12H13N3O2S/c1-15(6-9-3-2-4-13-5-9)7-10-8-18-11(14-10)12(16)17/h2-5,8H,6-7H2,1H3,(H,16,17). The van der Waals surface area contributed by atoms with E-state index in [9.17, 15) is 4.79 Å². The maximum Gasteiger partial charge on any atom is 0.365 e. The molecule has 0 spiro atoms. The van der Waals surface area contributed by atoms with Crippen LogP contribution in [-0.4, -0.2) is 33.0 Å². The van der Waals surface area contributed by atoms with Crippen LogP contribution in [0, 0.1) is 0 Å². The molecule has 0 aromatic carbocycles. The van der Waals surface area contributed by atoms with E-state index >= 15 is 0 Å². The molecular formula is C12H13N3O2S. The van der Waals surface area contributed by atoms with Gasteiger partial charge in [-0.3, -0.25) is 9.88 Å². The molecule has 0 atom stereocenters. The second-order valence-electron chi connectivity index (χ2n) is 3.98. The summed E-state index contributed by atoms with van der Waals surface area (Å²) < 4.78 is 0. The fourth-order valence-corrected chi connectivity index (χ4v) is 2.26. The molecule has 1 N–H and O–H groups in total. The van der Waals surface area contributed by atoms with Crippen LogP contribution in [0.1, 0.15) is 21.1 Å². The molecule has 0 saturated carbocycles. The fraction of sp³-hybridized carbons (Fsp3) is 0.250. The van der Waals surface area contributed by atoms with Crippen LogP contribution in [0.5, 0.6) is 0 Å². The van der Waals surface area contributed by atoms with Gasteiger partial charge in [0.1, 0.15) is 0 Å². The number of thiazole rings is 1. The maximum atomic E-state index is 10.7. The Hall–Kier alpha value is -1.79. The van der Waals surface area contributed by atoms with Crippen molar-refractivity contribution in [3.63, 3.8) is 0 Å². The first kappa shape index (κ1) is 12.7. The van der Waals surface area contributed by atoms with Crippen LogP contribution in [0.3, 0.4) is 0 Å². The highest BCUT2D eigenvalue weighted by molar-refractivity contribution is 7.11. The summed E-state index contributed by atoms with van der Waals surface area (Å²) in [5.74, 6) is -0.971. The smallest absolute Gasteiger partial charge is 0.365 e. The van der Waals surface area contributed by atoms with Crippen LogP contribution < -0.4 is 0 Å². The van der Waals surface area contributed by atoms with Gasteiger partial charge in [-0.25, -0.2) is 9.78 Å². The van der Waals surface area contributed by atoms with Gasteiger partial charge in [0, 0.05) is 30.9 Å². The Labute approximate surface area is 109 Å². The van der Waals surface area contributed by atoms with E-state index in [4.69, 9.17) is 5.11 Å². The number of rotatable bonds is 5. The zero-order valence-electron chi connectivity index (χ0n) is 9.91. The molecule has 94 valence electrons. The predicted octanol–water partition coefficient (Wildman–Crippen LogP) is 1.87. The maximum absolute atomic E-state index is 10.7. The van der Waals surface area contributed by atoms with E-state index in [1.54, 1.807) is 11.6 Å². The molecule has 0 aliphatic heterocycles. The molecule has 0 unspecified atom stereocenters. The van der Waals surface area contributed by atoms with Gasteiger partial charge in [-0.15, -0.1) is 11.3 Å². The summed E-state index contributed by atoms with van der Waals surface area (Å²) in [6.07, 6.45) is 3.56. The number of nitrogens with zero attached hydrogens (tertiary/aromatic N) is 3. The van der Waals surface area contributed by atoms with Crippen molar-refractivity contribution in [1.82, 2.24) is 14.9 Å². The molecule has 0 aliphatic rings. The average Bonchev–Trinajstić information content (AvgIpc) is 2.78. The molecule has 18 heavy (non-hydrogen) atoms. The summed E-state index contributed by atoms with van der Waals surface area (Å²) in [5.41, 5.74) is 1.90. The highest BCUT2D eigenvalue weighted by Crippen LogP contribution is 2.12. The van der Waals surface area contributed by atoms with Crippen molar-refractivity contribution in [1.29, 1.82) is 0 Å². The minimum absolute atomic E-state index is 0.139. The quantitative estimate of drug-likeness (QED) is 0.892. The van der Waals surface area contributed by atoms with E-state index in [0.29, 0.717) is 6.54 Å². The van der Waals surface area contributed by atoms with E-state index in [2.05, 4.69) is 14.9 Å². The van der Waals surface area contributed by atoms with E-state index in [1.807, 2.05) is 25.4 Å². The summed E-state index contributed by atoms with van der Waals surface area (Å²) in [7, 11) is 1.97. The monoisotopic (exact) mass is 263 g/mol. The van der Waals surface area contributed by atoms with Gasteiger partial charge in [0.25, 0.3) is 0 Å². The lowest BCUT2D eigenvalue weighted by atomic mass is 10.2. The van der Waals surface area contributed by atoms with Crippen LogP contribution in [-0.2, 0) is 13.1 Å². The van der Waals surface area contributed by atoms with Crippen LogP contribution in [0.2, 0.25) is 0 Å². The SMILES string of the molecule is CN(Cc1cccnc1)Cc1csc(C(=O)O)n1. The van der Waals surface area contributed by atoms with Crippen molar-refractivity contribution in [3.8, 4) is 0 Å². The first-order chi connectivity index (χ1) is 8.65. The minimum Gasteiger partial charge on any atom is -0.476 e. The Morgan fingerprint density at radius 2 is 2.33 bits per heavy atom. The zero-order valence-corrected chi connectivity index (χ0v) is 10.7. The Morgan fingerprint density at radius 3 is 2.94 bits per heavy atom. The minimum atomic E-state index is -0.971. The summed E-state index contributed by atoms with van der Waals surface area (Å²) in [5, 5.41) is 10.7. The van der Waals surface area contributed by atoms with Crippen molar-refractivity contribution >= 4 is 17.3 Å². The van der Waals surface area contributed by atoms with E-state index in [1.165, 1.54) is 0 Å². The molecule has 2 heterocycles. The summed E-state index contributed by atoms with van der Waals surface area (Å²) in [6, 6.07) is 3.90. The normalized spacial score (nSPS) is 10.8. The van der Waals surface area contributed by atoms with Gasteiger partial charge >= 0.3 is 5.97 Å².